The Labute approximate surface area is 116 Å². The highest BCUT2D eigenvalue weighted by Gasteiger charge is 2.18. The van der Waals surface area contributed by atoms with Crippen LogP contribution in [0.3, 0.4) is 0 Å². The highest BCUT2D eigenvalue weighted by atomic mass is 16.5. The third-order valence-corrected chi connectivity index (χ3v) is 4.00. The number of rotatable bonds is 5. The van der Waals surface area contributed by atoms with Gasteiger partial charge in [0, 0.05) is 18.3 Å². The summed E-state index contributed by atoms with van der Waals surface area (Å²) < 4.78 is 5.80. The van der Waals surface area contributed by atoms with Gasteiger partial charge in [-0.05, 0) is 50.1 Å². The first kappa shape index (κ1) is 14.2. The first-order valence-corrected chi connectivity index (χ1v) is 7.52. The molecule has 1 fully saturated rings. The van der Waals surface area contributed by atoms with Crippen LogP contribution in [0.25, 0.3) is 0 Å². The first-order chi connectivity index (χ1) is 9.29. The zero-order chi connectivity index (χ0) is 13.5. The zero-order valence-corrected chi connectivity index (χ0v) is 12.0. The number of benzene rings is 1. The van der Waals surface area contributed by atoms with Crippen molar-refractivity contribution >= 4 is 5.69 Å². The van der Waals surface area contributed by atoms with Crippen molar-refractivity contribution in [3.63, 3.8) is 0 Å². The Morgan fingerprint density at radius 1 is 1.21 bits per heavy atom. The van der Waals surface area contributed by atoms with Crippen molar-refractivity contribution in [1.82, 2.24) is 4.90 Å². The van der Waals surface area contributed by atoms with E-state index in [1.165, 1.54) is 38.6 Å². The molecule has 3 nitrogen and oxygen atoms in total. The van der Waals surface area contributed by atoms with Crippen LogP contribution >= 0.6 is 0 Å². The van der Waals surface area contributed by atoms with Crippen LogP contribution in [-0.2, 0) is 0 Å². The number of hydrogen-bond acceptors (Lipinski definition) is 3. The van der Waals surface area contributed by atoms with E-state index in [1.54, 1.807) is 0 Å². The molecule has 1 aliphatic heterocycles. The van der Waals surface area contributed by atoms with Crippen molar-refractivity contribution in [2.24, 2.45) is 0 Å². The predicted octanol–water partition coefficient (Wildman–Crippen LogP) is 3.30. The van der Waals surface area contributed by atoms with Crippen LogP contribution in [0.1, 0.15) is 39.0 Å². The minimum atomic E-state index is 0.748. The summed E-state index contributed by atoms with van der Waals surface area (Å²) >= 11 is 0. The van der Waals surface area contributed by atoms with Crippen molar-refractivity contribution in [2.75, 3.05) is 25.4 Å². The number of nitrogens with two attached hydrogens (primary N) is 1. The molecule has 2 N–H and O–H groups in total. The highest BCUT2D eigenvalue weighted by molar-refractivity contribution is 5.41. The van der Waals surface area contributed by atoms with Crippen molar-refractivity contribution < 1.29 is 4.74 Å². The van der Waals surface area contributed by atoms with Gasteiger partial charge < -0.3 is 10.5 Å². The minimum absolute atomic E-state index is 0.748. The molecule has 1 atom stereocenters. The molecule has 19 heavy (non-hydrogen) atoms. The monoisotopic (exact) mass is 262 g/mol. The number of ether oxygens (including phenoxy) is 1. The van der Waals surface area contributed by atoms with E-state index in [1.807, 2.05) is 24.3 Å². The number of nitrogens with zero attached hydrogens (tertiary/aromatic N) is 1. The SMILES string of the molecule is CCC1CCCCCN1CCOc1ccc(N)cc1. The van der Waals surface area contributed by atoms with E-state index in [4.69, 9.17) is 10.5 Å². The predicted molar refractivity (Wildman–Crippen MR) is 80.5 cm³/mol. The van der Waals surface area contributed by atoms with Crippen LogP contribution < -0.4 is 10.5 Å². The maximum atomic E-state index is 5.80. The van der Waals surface area contributed by atoms with E-state index in [2.05, 4.69) is 11.8 Å². The third kappa shape index (κ3) is 4.43. The summed E-state index contributed by atoms with van der Waals surface area (Å²) in [4.78, 5) is 2.60. The van der Waals surface area contributed by atoms with Gasteiger partial charge in [0.25, 0.3) is 0 Å². The van der Waals surface area contributed by atoms with Crippen LogP contribution in [0.15, 0.2) is 24.3 Å². The van der Waals surface area contributed by atoms with Crippen LogP contribution in [0.2, 0.25) is 0 Å². The molecule has 1 unspecified atom stereocenters. The molecule has 1 heterocycles. The molecule has 1 aromatic carbocycles. The Morgan fingerprint density at radius 3 is 2.74 bits per heavy atom. The lowest BCUT2D eigenvalue weighted by Crippen LogP contribution is -2.37. The van der Waals surface area contributed by atoms with Crippen LogP contribution in [0.4, 0.5) is 5.69 Å². The Morgan fingerprint density at radius 2 is 2.00 bits per heavy atom. The van der Waals surface area contributed by atoms with Crippen molar-refractivity contribution in [3.8, 4) is 5.75 Å². The fourth-order valence-corrected chi connectivity index (χ4v) is 2.84. The van der Waals surface area contributed by atoms with Crippen molar-refractivity contribution in [1.29, 1.82) is 0 Å². The van der Waals surface area contributed by atoms with Crippen molar-refractivity contribution in [3.05, 3.63) is 24.3 Å². The van der Waals surface area contributed by atoms with Gasteiger partial charge in [-0.2, -0.15) is 0 Å². The van der Waals surface area contributed by atoms with E-state index in [-0.39, 0.29) is 0 Å². The summed E-state index contributed by atoms with van der Waals surface area (Å²) in [6.45, 7) is 5.32. The molecule has 0 bridgehead atoms. The molecule has 0 radical (unpaired) electrons. The normalized spacial score (nSPS) is 21.0. The molecule has 1 saturated heterocycles. The Balaban J connectivity index is 1.78. The van der Waals surface area contributed by atoms with Crippen LogP contribution in [-0.4, -0.2) is 30.6 Å². The molecule has 0 saturated carbocycles. The summed E-state index contributed by atoms with van der Waals surface area (Å²) in [6, 6.07) is 8.40. The molecule has 1 aromatic rings. The molecule has 0 amide bonds. The van der Waals surface area contributed by atoms with E-state index < -0.39 is 0 Å². The molecular weight excluding hydrogens is 236 g/mol. The van der Waals surface area contributed by atoms with Gasteiger partial charge >= 0.3 is 0 Å². The topological polar surface area (TPSA) is 38.5 Å². The van der Waals surface area contributed by atoms with Gasteiger partial charge in [0.15, 0.2) is 0 Å². The second-order valence-corrected chi connectivity index (χ2v) is 5.36. The number of nitrogen functional groups attached to an aromatic ring is 1. The maximum absolute atomic E-state index is 5.80. The van der Waals surface area contributed by atoms with Gasteiger partial charge in [-0.3, -0.25) is 4.90 Å². The second-order valence-electron chi connectivity index (χ2n) is 5.36. The molecule has 0 aromatic heterocycles. The largest absolute Gasteiger partial charge is 0.492 e. The lowest BCUT2D eigenvalue weighted by molar-refractivity contribution is 0.158. The van der Waals surface area contributed by atoms with Gasteiger partial charge in [-0.15, -0.1) is 0 Å². The third-order valence-electron chi connectivity index (χ3n) is 4.00. The summed E-state index contributed by atoms with van der Waals surface area (Å²) in [5.41, 5.74) is 6.45. The Bertz CT molecular complexity index is 364. The number of anilines is 1. The van der Waals surface area contributed by atoms with Gasteiger partial charge in [0.2, 0.25) is 0 Å². The zero-order valence-electron chi connectivity index (χ0n) is 12.0. The molecule has 106 valence electrons. The van der Waals surface area contributed by atoms with Crippen LogP contribution in [0, 0.1) is 0 Å². The molecule has 0 aliphatic carbocycles. The quantitative estimate of drug-likeness (QED) is 0.827. The standard InChI is InChI=1S/C16H26N2O/c1-2-15-6-4-3-5-11-18(15)12-13-19-16-9-7-14(17)8-10-16/h7-10,15H,2-6,11-13,17H2,1H3. The number of likely N-dealkylation sites (tertiary alicyclic amines) is 1. The lowest BCUT2D eigenvalue weighted by atomic mass is 10.1. The Kier molecular flexibility index (Phi) is 5.52. The van der Waals surface area contributed by atoms with Gasteiger partial charge in [0.05, 0.1) is 0 Å². The fraction of sp³-hybridized carbons (Fsp3) is 0.625. The molecular formula is C16H26N2O. The second kappa shape index (κ2) is 7.39. The smallest absolute Gasteiger partial charge is 0.119 e. The summed E-state index contributed by atoms with van der Waals surface area (Å²) in [7, 11) is 0. The van der Waals surface area contributed by atoms with E-state index in [0.29, 0.717) is 0 Å². The summed E-state index contributed by atoms with van der Waals surface area (Å²) in [5, 5.41) is 0. The molecule has 0 spiro atoms. The lowest BCUT2D eigenvalue weighted by Gasteiger charge is -2.28. The van der Waals surface area contributed by atoms with E-state index >= 15 is 0 Å². The van der Waals surface area contributed by atoms with Crippen LogP contribution in [0.5, 0.6) is 5.75 Å². The average Bonchev–Trinajstić information content (AvgIpc) is 2.66. The average molecular weight is 262 g/mol. The van der Waals surface area contributed by atoms with Gasteiger partial charge in [0.1, 0.15) is 12.4 Å². The van der Waals surface area contributed by atoms with E-state index in [9.17, 15) is 0 Å². The molecule has 1 aliphatic rings. The fourth-order valence-electron chi connectivity index (χ4n) is 2.84. The van der Waals surface area contributed by atoms with E-state index in [0.717, 1.165) is 30.6 Å². The summed E-state index contributed by atoms with van der Waals surface area (Å²) in [5.74, 6) is 0.914. The summed E-state index contributed by atoms with van der Waals surface area (Å²) in [6.07, 6.45) is 6.69. The van der Waals surface area contributed by atoms with Crippen molar-refractivity contribution in [2.45, 2.75) is 45.1 Å². The number of hydrogen-bond donors (Lipinski definition) is 1. The highest BCUT2D eigenvalue weighted by Crippen LogP contribution is 2.19. The minimum Gasteiger partial charge on any atom is -0.492 e. The maximum Gasteiger partial charge on any atom is 0.119 e. The molecule has 3 heteroatoms. The van der Waals surface area contributed by atoms with Gasteiger partial charge in [-0.25, -0.2) is 0 Å². The molecule has 2 rings (SSSR count). The van der Waals surface area contributed by atoms with Gasteiger partial charge in [-0.1, -0.05) is 19.8 Å². The first-order valence-electron chi connectivity index (χ1n) is 7.52. The Hall–Kier alpha value is -1.22.